The van der Waals surface area contributed by atoms with Gasteiger partial charge in [0.2, 0.25) is 0 Å². The van der Waals surface area contributed by atoms with Crippen molar-refractivity contribution in [3.8, 4) is 0 Å². The molecule has 20 heavy (non-hydrogen) atoms. The maximum Gasteiger partial charge on any atom is 0.137 e. The van der Waals surface area contributed by atoms with Crippen molar-refractivity contribution in [1.82, 2.24) is 9.97 Å². The third-order valence-corrected chi connectivity index (χ3v) is 4.31. The van der Waals surface area contributed by atoms with Crippen LogP contribution in [0.4, 0.5) is 5.82 Å². The molecule has 0 unspecified atom stereocenters. The highest BCUT2D eigenvalue weighted by molar-refractivity contribution is 6.30. The molecule has 0 aliphatic heterocycles. The minimum atomic E-state index is 0.206. The van der Waals surface area contributed by atoms with Crippen LogP contribution in [0.2, 0.25) is 5.15 Å². The number of nitrogens with zero attached hydrogens (tertiary/aromatic N) is 3. The van der Waals surface area contributed by atoms with Gasteiger partial charge in [0, 0.05) is 30.7 Å². The number of aliphatic hydroxyl groups is 1. The lowest BCUT2D eigenvalue weighted by atomic mass is 9.91. The zero-order chi connectivity index (χ0) is 14.7. The van der Waals surface area contributed by atoms with Gasteiger partial charge in [-0.3, -0.25) is 0 Å². The SMILES string of the molecule is Cc1c(Cl)nc(C(C)C)nc1N(CCCO)C1CCC1. The van der Waals surface area contributed by atoms with Crippen LogP contribution >= 0.6 is 11.6 Å². The van der Waals surface area contributed by atoms with E-state index in [2.05, 4.69) is 23.7 Å². The van der Waals surface area contributed by atoms with E-state index in [1.165, 1.54) is 19.3 Å². The van der Waals surface area contributed by atoms with E-state index in [1.54, 1.807) is 0 Å². The fraction of sp³-hybridized carbons (Fsp3) is 0.733. The fourth-order valence-corrected chi connectivity index (χ4v) is 2.60. The smallest absolute Gasteiger partial charge is 0.137 e. The van der Waals surface area contributed by atoms with E-state index >= 15 is 0 Å². The first-order chi connectivity index (χ1) is 9.54. The molecular formula is C15H24ClN3O. The Morgan fingerprint density at radius 3 is 2.55 bits per heavy atom. The number of hydrogen-bond acceptors (Lipinski definition) is 4. The normalized spacial score (nSPS) is 15.5. The Balaban J connectivity index is 2.35. The van der Waals surface area contributed by atoms with Crippen LogP contribution in [0.25, 0.3) is 0 Å². The van der Waals surface area contributed by atoms with Crippen LogP contribution in [-0.4, -0.2) is 34.3 Å². The van der Waals surface area contributed by atoms with Crippen molar-refractivity contribution >= 4 is 17.4 Å². The number of aliphatic hydroxyl groups excluding tert-OH is 1. The second-order valence-electron chi connectivity index (χ2n) is 5.83. The molecule has 2 rings (SSSR count). The minimum absolute atomic E-state index is 0.206. The number of halogens is 1. The summed E-state index contributed by atoms with van der Waals surface area (Å²) in [4.78, 5) is 11.4. The topological polar surface area (TPSA) is 49.2 Å². The summed E-state index contributed by atoms with van der Waals surface area (Å²) >= 11 is 6.28. The highest BCUT2D eigenvalue weighted by atomic mass is 35.5. The predicted molar refractivity (Wildman–Crippen MR) is 82.6 cm³/mol. The molecule has 0 bridgehead atoms. The molecule has 1 aliphatic carbocycles. The van der Waals surface area contributed by atoms with Crippen LogP contribution in [-0.2, 0) is 0 Å². The lowest BCUT2D eigenvalue weighted by Gasteiger charge is -2.39. The summed E-state index contributed by atoms with van der Waals surface area (Å²) in [6.45, 7) is 7.16. The van der Waals surface area contributed by atoms with Crippen LogP contribution < -0.4 is 4.90 Å². The maximum atomic E-state index is 9.12. The fourth-order valence-electron chi connectivity index (χ4n) is 2.43. The number of rotatable bonds is 6. The summed E-state index contributed by atoms with van der Waals surface area (Å²) in [6, 6.07) is 0.534. The molecule has 0 radical (unpaired) electrons. The van der Waals surface area contributed by atoms with Gasteiger partial charge in [0.1, 0.15) is 16.8 Å². The van der Waals surface area contributed by atoms with Gasteiger partial charge in [-0.1, -0.05) is 25.4 Å². The van der Waals surface area contributed by atoms with E-state index < -0.39 is 0 Å². The van der Waals surface area contributed by atoms with E-state index in [1.807, 2.05) is 6.92 Å². The van der Waals surface area contributed by atoms with E-state index in [0.717, 1.165) is 30.2 Å². The second kappa shape index (κ2) is 6.72. The summed E-state index contributed by atoms with van der Waals surface area (Å²) in [7, 11) is 0. The van der Waals surface area contributed by atoms with Crippen molar-refractivity contribution in [3.63, 3.8) is 0 Å². The molecule has 1 aliphatic rings. The molecule has 4 nitrogen and oxygen atoms in total. The van der Waals surface area contributed by atoms with E-state index in [9.17, 15) is 0 Å². The molecule has 1 aromatic heterocycles. The van der Waals surface area contributed by atoms with Gasteiger partial charge in [0.05, 0.1) is 0 Å². The quantitative estimate of drug-likeness (QED) is 0.819. The van der Waals surface area contributed by atoms with Crippen molar-refractivity contribution in [3.05, 3.63) is 16.5 Å². The number of aromatic nitrogens is 2. The zero-order valence-electron chi connectivity index (χ0n) is 12.6. The standard InChI is InChI=1S/C15H24ClN3O/c1-10(2)14-17-13(16)11(3)15(18-14)19(8-5-9-20)12-6-4-7-12/h10,12,20H,4-9H2,1-3H3. The van der Waals surface area contributed by atoms with Crippen molar-refractivity contribution in [2.75, 3.05) is 18.1 Å². The molecule has 112 valence electrons. The first kappa shape index (κ1) is 15.5. The van der Waals surface area contributed by atoms with Gasteiger partial charge >= 0.3 is 0 Å². The Kier molecular flexibility index (Phi) is 5.22. The van der Waals surface area contributed by atoms with Crippen molar-refractivity contribution in [2.45, 2.75) is 58.4 Å². The van der Waals surface area contributed by atoms with Gasteiger partial charge < -0.3 is 10.0 Å². The molecule has 0 spiro atoms. The average molecular weight is 298 g/mol. The van der Waals surface area contributed by atoms with Crippen molar-refractivity contribution in [1.29, 1.82) is 0 Å². The Morgan fingerprint density at radius 2 is 2.05 bits per heavy atom. The van der Waals surface area contributed by atoms with E-state index in [0.29, 0.717) is 11.2 Å². The Bertz CT molecular complexity index is 461. The summed E-state index contributed by atoms with van der Waals surface area (Å²) in [5, 5.41) is 9.66. The van der Waals surface area contributed by atoms with Crippen molar-refractivity contribution in [2.24, 2.45) is 0 Å². The monoisotopic (exact) mass is 297 g/mol. The zero-order valence-corrected chi connectivity index (χ0v) is 13.3. The third kappa shape index (κ3) is 3.23. The molecule has 0 amide bonds. The van der Waals surface area contributed by atoms with Crippen LogP contribution in [0.1, 0.15) is 56.8 Å². The van der Waals surface area contributed by atoms with Crippen LogP contribution in [0.5, 0.6) is 0 Å². The highest BCUT2D eigenvalue weighted by Crippen LogP contribution is 2.33. The van der Waals surface area contributed by atoms with Crippen LogP contribution in [0, 0.1) is 6.92 Å². The highest BCUT2D eigenvalue weighted by Gasteiger charge is 2.28. The maximum absolute atomic E-state index is 9.12. The Hall–Kier alpha value is -0.870. The summed E-state index contributed by atoms with van der Waals surface area (Å²) in [5.74, 6) is 2.00. The molecule has 1 heterocycles. The molecule has 0 aromatic carbocycles. The Morgan fingerprint density at radius 1 is 1.35 bits per heavy atom. The second-order valence-corrected chi connectivity index (χ2v) is 6.19. The molecule has 1 fully saturated rings. The molecule has 1 N–H and O–H groups in total. The average Bonchev–Trinajstić information content (AvgIpc) is 2.35. The molecular weight excluding hydrogens is 274 g/mol. The van der Waals surface area contributed by atoms with Gasteiger partial charge in [-0.15, -0.1) is 0 Å². The lowest BCUT2D eigenvalue weighted by Crippen LogP contribution is -2.42. The Labute approximate surface area is 126 Å². The number of anilines is 1. The van der Waals surface area contributed by atoms with E-state index in [4.69, 9.17) is 21.7 Å². The van der Waals surface area contributed by atoms with Crippen LogP contribution in [0.15, 0.2) is 0 Å². The molecule has 1 aromatic rings. The predicted octanol–water partition coefficient (Wildman–Crippen LogP) is 3.30. The minimum Gasteiger partial charge on any atom is -0.396 e. The van der Waals surface area contributed by atoms with Crippen molar-refractivity contribution < 1.29 is 5.11 Å². The van der Waals surface area contributed by atoms with Gasteiger partial charge in [-0.2, -0.15) is 0 Å². The molecule has 5 heteroatoms. The van der Waals surface area contributed by atoms with E-state index in [-0.39, 0.29) is 12.5 Å². The van der Waals surface area contributed by atoms with Gasteiger partial charge in [0.25, 0.3) is 0 Å². The first-order valence-corrected chi connectivity index (χ1v) is 7.84. The summed E-state index contributed by atoms with van der Waals surface area (Å²) < 4.78 is 0. The largest absolute Gasteiger partial charge is 0.396 e. The number of hydrogen-bond donors (Lipinski definition) is 1. The van der Waals surface area contributed by atoms with Crippen LogP contribution in [0.3, 0.4) is 0 Å². The summed E-state index contributed by atoms with van der Waals surface area (Å²) in [5.41, 5.74) is 0.945. The van der Waals surface area contributed by atoms with Gasteiger partial charge in [-0.05, 0) is 32.6 Å². The molecule has 1 saturated carbocycles. The lowest BCUT2D eigenvalue weighted by molar-refractivity contribution is 0.282. The van der Waals surface area contributed by atoms with Gasteiger partial charge in [0.15, 0.2) is 0 Å². The summed E-state index contributed by atoms with van der Waals surface area (Å²) in [6.07, 6.45) is 4.43. The third-order valence-electron chi connectivity index (χ3n) is 3.94. The molecule has 0 atom stereocenters. The van der Waals surface area contributed by atoms with Gasteiger partial charge in [-0.25, -0.2) is 9.97 Å². The molecule has 0 saturated heterocycles. The first-order valence-electron chi connectivity index (χ1n) is 7.46.